The van der Waals surface area contributed by atoms with Crippen molar-refractivity contribution >= 4 is 16.8 Å². The number of nitrogens with two attached hydrogens (primary N) is 1. The molecule has 0 saturated carbocycles. The van der Waals surface area contributed by atoms with Crippen LogP contribution >= 0.6 is 0 Å². The first-order chi connectivity index (χ1) is 12.9. The lowest BCUT2D eigenvalue weighted by molar-refractivity contribution is 0.0996. The third-order valence-electron chi connectivity index (χ3n) is 4.69. The summed E-state index contributed by atoms with van der Waals surface area (Å²) in [5.74, 6) is 0.110. The van der Waals surface area contributed by atoms with E-state index in [0.29, 0.717) is 11.5 Å². The zero-order valence-corrected chi connectivity index (χ0v) is 15.8. The van der Waals surface area contributed by atoms with Crippen LogP contribution in [0.25, 0.3) is 33.8 Å². The summed E-state index contributed by atoms with van der Waals surface area (Å²) in [7, 11) is 3.84. The number of carbonyl (C=O) groups is 1. The van der Waals surface area contributed by atoms with Crippen molar-refractivity contribution in [2.75, 3.05) is 0 Å². The number of hydrogen-bond acceptors (Lipinski definition) is 4. The van der Waals surface area contributed by atoms with Gasteiger partial charge < -0.3 is 14.9 Å². The van der Waals surface area contributed by atoms with E-state index in [4.69, 9.17) is 10.7 Å². The van der Waals surface area contributed by atoms with Crippen LogP contribution in [0.5, 0.6) is 0 Å². The van der Waals surface area contributed by atoms with Crippen molar-refractivity contribution in [2.24, 2.45) is 19.8 Å². The number of hydrogen-bond donors (Lipinski definition) is 1. The number of aryl methyl sites for hydroxylation is 4. The van der Waals surface area contributed by atoms with Crippen LogP contribution in [0, 0.1) is 6.92 Å². The zero-order valence-electron chi connectivity index (χ0n) is 15.8. The molecule has 0 spiro atoms. The van der Waals surface area contributed by atoms with Crippen LogP contribution in [0.15, 0.2) is 30.6 Å². The molecule has 0 bridgehead atoms. The minimum atomic E-state index is -0.562. The molecule has 0 fully saturated rings. The van der Waals surface area contributed by atoms with E-state index < -0.39 is 5.91 Å². The van der Waals surface area contributed by atoms with Gasteiger partial charge in [-0.25, -0.2) is 9.97 Å². The van der Waals surface area contributed by atoms with Gasteiger partial charge in [0.25, 0.3) is 5.91 Å². The van der Waals surface area contributed by atoms with Crippen LogP contribution in [0.1, 0.15) is 23.1 Å². The molecule has 8 heteroatoms. The van der Waals surface area contributed by atoms with Gasteiger partial charge in [0, 0.05) is 38.4 Å². The Hall–Kier alpha value is -3.42. The Morgan fingerprint density at radius 1 is 1.19 bits per heavy atom. The molecule has 4 rings (SSSR count). The summed E-state index contributed by atoms with van der Waals surface area (Å²) in [6.45, 7) is 4.77. The average molecular weight is 363 g/mol. The summed E-state index contributed by atoms with van der Waals surface area (Å²) in [5, 5.41) is 5.41. The standard InChI is InChI=1S/C19H21N7O/c1-5-26-16(8-11(2)23-26)14-10-25(4)19(22-14)17-12-6-7-24(3)15(12)9-13(21-17)18(20)27/h6-10H,5H2,1-4H3,(H2,20,27). The van der Waals surface area contributed by atoms with E-state index in [0.717, 1.165) is 34.5 Å². The van der Waals surface area contributed by atoms with Gasteiger partial charge in [-0.15, -0.1) is 0 Å². The third-order valence-corrected chi connectivity index (χ3v) is 4.69. The van der Waals surface area contributed by atoms with E-state index in [-0.39, 0.29) is 5.69 Å². The molecule has 2 N–H and O–H groups in total. The Balaban J connectivity index is 1.94. The second kappa shape index (κ2) is 6.08. The number of amides is 1. The fraction of sp³-hybridized carbons (Fsp3) is 0.263. The van der Waals surface area contributed by atoms with Crippen molar-refractivity contribution in [3.05, 3.63) is 42.0 Å². The molecule has 0 aromatic carbocycles. The van der Waals surface area contributed by atoms with Gasteiger partial charge in [0.1, 0.15) is 17.1 Å². The van der Waals surface area contributed by atoms with Crippen molar-refractivity contribution in [1.82, 2.24) is 28.9 Å². The number of primary amides is 1. The molecule has 138 valence electrons. The maximum absolute atomic E-state index is 11.8. The Morgan fingerprint density at radius 3 is 2.67 bits per heavy atom. The lowest BCUT2D eigenvalue weighted by Gasteiger charge is -2.06. The fourth-order valence-electron chi connectivity index (χ4n) is 3.36. The van der Waals surface area contributed by atoms with Gasteiger partial charge in [0.2, 0.25) is 0 Å². The van der Waals surface area contributed by atoms with E-state index in [1.165, 1.54) is 0 Å². The number of aromatic nitrogens is 6. The van der Waals surface area contributed by atoms with E-state index in [9.17, 15) is 4.79 Å². The zero-order chi connectivity index (χ0) is 19.3. The first-order valence-electron chi connectivity index (χ1n) is 8.73. The average Bonchev–Trinajstić information content (AvgIpc) is 3.31. The molecule has 4 aromatic rings. The molecule has 27 heavy (non-hydrogen) atoms. The molecule has 8 nitrogen and oxygen atoms in total. The smallest absolute Gasteiger partial charge is 0.267 e. The number of carbonyl (C=O) groups excluding carboxylic acids is 1. The summed E-state index contributed by atoms with van der Waals surface area (Å²) in [6, 6.07) is 5.69. The molecule has 0 atom stereocenters. The van der Waals surface area contributed by atoms with Crippen LogP contribution in [-0.4, -0.2) is 34.8 Å². The highest BCUT2D eigenvalue weighted by Gasteiger charge is 2.19. The Morgan fingerprint density at radius 2 is 1.96 bits per heavy atom. The van der Waals surface area contributed by atoms with E-state index in [1.807, 2.05) is 66.3 Å². The predicted molar refractivity (Wildman–Crippen MR) is 103 cm³/mol. The number of nitrogens with zero attached hydrogens (tertiary/aromatic N) is 6. The van der Waals surface area contributed by atoms with Crippen LogP contribution in [-0.2, 0) is 20.6 Å². The van der Waals surface area contributed by atoms with Gasteiger partial charge in [0.15, 0.2) is 5.82 Å². The molecular formula is C19H21N7O. The monoisotopic (exact) mass is 363 g/mol. The van der Waals surface area contributed by atoms with Gasteiger partial charge in [0.05, 0.1) is 16.9 Å². The minimum absolute atomic E-state index is 0.221. The van der Waals surface area contributed by atoms with Crippen molar-refractivity contribution in [3.63, 3.8) is 0 Å². The molecule has 4 aromatic heterocycles. The van der Waals surface area contributed by atoms with Crippen molar-refractivity contribution < 1.29 is 4.79 Å². The largest absolute Gasteiger partial charge is 0.364 e. The lowest BCUT2D eigenvalue weighted by atomic mass is 10.2. The molecule has 0 aliphatic rings. The second-order valence-electron chi connectivity index (χ2n) is 6.63. The van der Waals surface area contributed by atoms with Gasteiger partial charge >= 0.3 is 0 Å². The number of rotatable bonds is 4. The maximum Gasteiger partial charge on any atom is 0.267 e. The van der Waals surface area contributed by atoms with Crippen LogP contribution in [0.3, 0.4) is 0 Å². The highest BCUT2D eigenvalue weighted by Crippen LogP contribution is 2.30. The minimum Gasteiger partial charge on any atom is -0.364 e. The Bertz CT molecular complexity index is 1180. The number of imidazole rings is 1. The molecule has 0 radical (unpaired) electrons. The summed E-state index contributed by atoms with van der Waals surface area (Å²) >= 11 is 0. The maximum atomic E-state index is 11.8. The highest BCUT2D eigenvalue weighted by molar-refractivity contribution is 5.99. The number of fused-ring (bicyclic) bond motifs is 1. The van der Waals surface area contributed by atoms with Gasteiger partial charge in [-0.3, -0.25) is 9.48 Å². The summed E-state index contributed by atoms with van der Waals surface area (Å²) in [6.07, 6.45) is 3.88. The third kappa shape index (κ3) is 2.69. The topological polar surface area (TPSA) is 96.5 Å². The first kappa shape index (κ1) is 17.0. The lowest BCUT2D eigenvalue weighted by Crippen LogP contribution is -2.14. The highest BCUT2D eigenvalue weighted by atomic mass is 16.1. The molecule has 0 unspecified atom stereocenters. The van der Waals surface area contributed by atoms with Crippen LogP contribution < -0.4 is 5.73 Å². The first-order valence-corrected chi connectivity index (χ1v) is 8.73. The van der Waals surface area contributed by atoms with Crippen LogP contribution in [0.4, 0.5) is 0 Å². The normalized spacial score (nSPS) is 11.4. The quantitative estimate of drug-likeness (QED) is 0.601. The van der Waals surface area contributed by atoms with E-state index >= 15 is 0 Å². The Labute approximate surface area is 156 Å². The summed E-state index contributed by atoms with van der Waals surface area (Å²) in [4.78, 5) is 21.1. The van der Waals surface area contributed by atoms with Gasteiger partial charge in [-0.1, -0.05) is 0 Å². The predicted octanol–water partition coefficient (Wildman–Crippen LogP) is 2.26. The fourth-order valence-corrected chi connectivity index (χ4v) is 3.36. The van der Waals surface area contributed by atoms with E-state index in [1.54, 1.807) is 6.07 Å². The van der Waals surface area contributed by atoms with Crippen molar-refractivity contribution in [2.45, 2.75) is 20.4 Å². The molecule has 0 saturated heterocycles. The number of pyridine rings is 1. The molecule has 0 aliphatic heterocycles. The Kier molecular flexibility index (Phi) is 3.83. The second-order valence-corrected chi connectivity index (χ2v) is 6.63. The van der Waals surface area contributed by atoms with Gasteiger partial charge in [-0.2, -0.15) is 5.10 Å². The summed E-state index contributed by atoms with van der Waals surface area (Å²) in [5.41, 5.74) is 9.94. The van der Waals surface area contributed by atoms with Crippen molar-refractivity contribution in [1.29, 1.82) is 0 Å². The SMILES string of the molecule is CCn1nc(C)cc1-c1cn(C)c(-c2nc(C(N)=O)cc3c2ccn3C)n1. The van der Waals surface area contributed by atoms with Crippen LogP contribution in [0.2, 0.25) is 0 Å². The molecule has 4 heterocycles. The summed E-state index contributed by atoms with van der Waals surface area (Å²) < 4.78 is 5.77. The van der Waals surface area contributed by atoms with E-state index in [2.05, 4.69) is 10.1 Å². The molecule has 0 aliphatic carbocycles. The van der Waals surface area contributed by atoms with Gasteiger partial charge in [-0.05, 0) is 32.0 Å². The molecule has 1 amide bonds. The molecular weight excluding hydrogens is 342 g/mol. The van der Waals surface area contributed by atoms with Crippen molar-refractivity contribution in [3.8, 4) is 22.9 Å².